The minimum absolute atomic E-state index is 0.0680. The van der Waals surface area contributed by atoms with Crippen LogP contribution >= 0.6 is 11.8 Å². The summed E-state index contributed by atoms with van der Waals surface area (Å²) in [4.78, 5) is 47.7. The number of unbranched alkanes of at least 4 members (excludes halogenated alkanes) is 3. The molecule has 3 atom stereocenters. The summed E-state index contributed by atoms with van der Waals surface area (Å²) in [5.74, 6) is -2.46. The molecule has 0 aliphatic heterocycles. The van der Waals surface area contributed by atoms with Crippen molar-refractivity contribution in [3.8, 4) is 0 Å². The lowest BCUT2D eigenvalue weighted by molar-refractivity contribution is -0.142. The van der Waals surface area contributed by atoms with Gasteiger partial charge in [-0.25, -0.2) is 4.79 Å². The Morgan fingerprint density at radius 3 is 2.28 bits per heavy atom. The second-order valence-electron chi connectivity index (χ2n) is 7.43. The van der Waals surface area contributed by atoms with Crippen LogP contribution in [0.3, 0.4) is 0 Å². The van der Waals surface area contributed by atoms with Crippen molar-refractivity contribution in [1.82, 2.24) is 10.6 Å². The van der Waals surface area contributed by atoms with Crippen molar-refractivity contribution in [2.45, 2.75) is 63.6 Å². The molecule has 2 amide bonds. The molecular weight excluding hydrogens is 434 g/mol. The number of amides is 2. The number of carbonyl (C=O) groups is 4. The molecule has 0 spiro atoms. The Labute approximate surface area is 192 Å². The molecule has 0 bridgehead atoms. The lowest BCUT2D eigenvalue weighted by atomic mass is 10.1. The lowest BCUT2D eigenvalue weighted by Crippen LogP contribution is -2.50. The van der Waals surface area contributed by atoms with Crippen LogP contribution in [0, 0.1) is 0 Å². The van der Waals surface area contributed by atoms with Crippen LogP contribution in [0.25, 0.3) is 0 Å². The van der Waals surface area contributed by atoms with Gasteiger partial charge in [-0.3, -0.25) is 14.4 Å². The molecule has 0 radical (unpaired) electrons. The van der Waals surface area contributed by atoms with Crippen molar-refractivity contribution in [2.24, 2.45) is 5.73 Å². The predicted molar refractivity (Wildman–Crippen MR) is 123 cm³/mol. The summed E-state index contributed by atoms with van der Waals surface area (Å²) in [5.41, 5.74) is 5.84. The molecule has 0 saturated carbocycles. The second-order valence-corrected chi connectivity index (χ2v) is 8.58. The molecule has 1 aromatic rings. The molecule has 6 N–H and O–H groups in total. The predicted octanol–water partition coefficient (Wildman–Crippen LogP) is 1.92. The number of hydrogen-bond donors (Lipinski definition) is 5. The Bertz CT molecular complexity index is 746. The maximum absolute atomic E-state index is 12.9. The SMILES string of the molecule is CCCCCCSC[C@@H](NC(=O)CC[C@H](N)C(=O)O)C(=O)N[C@@H](C(=O)O)c1ccccc1. The maximum Gasteiger partial charge on any atom is 0.330 e. The average Bonchev–Trinajstić information content (AvgIpc) is 2.77. The van der Waals surface area contributed by atoms with Crippen LogP contribution < -0.4 is 16.4 Å². The normalized spacial score (nSPS) is 13.6. The summed E-state index contributed by atoms with van der Waals surface area (Å²) < 4.78 is 0. The van der Waals surface area contributed by atoms with E-state index in [9.17, 15) is 24.3 Å². The van der Waals surface area contributed by atoms with E-state index >= 15 is 0 Å². The van der Waals surface area contributed by atoms with E-state index in [0.717, 1.165) is 31.4 Å². The molecule has 0 heterocycles. The second kappa shape index (κ2) is 15.3. The highest BCUT2D eigenvalue weighted by atomic mass is 32.2. The first-order chi connectivity index (χ1) is 15.3. The summed E-state index contributed by atoms with van der Waals surface area (Å²) >= 11 is 1.50. The van der Waals surface area contributed by atoms with E-state index in [1.807, 2.05) is 0 Å². The molecule has 32 heavy (non-hydrogen) atoms. The number of nitrogens with two attached hydrogens (primary N) is 1. The Morgan fingerprint density at radius 2 is 1.69 bits per heavy atom. The number of thioether (sulfide) groups is 1. The van der Waals surface area contributed by atoms with Gasteiger partial charge in [0.15, 0.2) is 6.04 Å². The highest BCUT2D eigenvalue weighted by molar-refractivity contribution is 7.99. The smallest absolute Gasteiger partial charge is 0.330 e. The zero-order valence-corrected chi connectivity index (χ0v) is 19.1. The number of hydrogen-bond acceptors (Lipinski definition) is 6. The van der Waals surface area contributed by atoms with Crippen molar-refractivity contribution >= 4 is 35.5 Å². The van der Waals surface area contributed by atoms with Gasteiger partial charge in [0.2, 0.25) is 11.8 Å². The summed E-state index contributed by atoms with van der Waals surface area (Å²) in [6.45, 7) is 2.12. The van der Waals surface area contributed by atoms with Gasteiger partial charge in [0.05, 0.1) is 0 Å². The van der Waals surface area contributed by atoms with E-state index in [1.54, 1.807) is 30.3 Å². The van der Waals surface area contributed by atoms with Crippen LogP contribution in [0.15, 0.2) is 30.3 Å². The quantitative estimate of drug-likeness (QED) is 0.231. The van der Waals surface area contributed by atoms with Crippen LogP contribution in [0.4, 0.5) is 0 Å². The molecular formula is C22H33N3O6S. The van der Waals surface area contributed by atoms with Gasteiger partial charge in [-0.1, -0.05) is 56.5 Å². The Hall–Kier alpha value is -2.59. The molecule has 10 heteroatoms. The van der Waals surface area contributed by atoms with Crippen molar-refractivity contribution in [3.63, 3.8) is 0 Å². The third-order valence-corrected chi connectivity index (χ3v) is 5.89. The van der Waals surface area contributed by atoms with E-state index in [1.165, 1.54) is 11.8 Å². The monoisotopic (exact) mass is 467 g/mol. The molecule has 1 rings (SSSR count). The Morgan fingerprint density at radius 1 is 1.00 bits per heavy atom. The van der Waals surface area contributed by atoms with Gasteiger partial charge in [0.1, 0.15) is 12.1 Å². The molecule has 178 valence electrons. The van der Waals surface area contributed by atoms with E-state index in [4.69, 9.17) is 10.8 Å². The van der Waals surface area contributed by atoms with Crippen LogP contribution in [0.2, 0.25) is 0 Å². The number of carbonyl (C=O) groups excluding carboxylic acids is 2. The minimum atomic E-state index is -1.25. The van der Waals surface area contributed by atoms with Crippen molar-refractivity contribution < 1.29 is 29.4 Å². The first-order valence-electron chi connectivity index (χ1n) is 10.7. The highest BCUT2D eigenvalue weighted by Crippen LogP contribution is 2.15. The lowest BCUT2D eigenvalue weighted by Gasteiger charge is -2.22. The van der Waals surface area contributed by atoms with Gasteiger partial charge in [0, 0.05) is 12.2 Å². The Kier molecular flexibility index (Phi) is 13.1. The standard InChI is InChI=1S/C22H33N3O6S/c1-2-3-4-8-13-32-14-17(24-18(26)12-11-16(23)21(28)29)20(27)25-19(22(30)31)15-9-6-5-7-10-15/h5-7,9-10,16-17,19H,2-4,8,11-14,23H2,1H3,(H,24,26)(H,25,27)(H,28,29)(H,30,31)/t16-,17+,19+/m0/s1. The summed E-state index contributed by atoms with van der Waals surface area (Å²) in [6, 6.07) is 4.91. The molecule has 0 aliphatic carbocycles. The molecule has 9 nitrogen and oxygen atoms in total. The van der Waals surface area contributed by atoms with E-state index in [0.29, 0.717) is 5.56 Å². The van der Waals surface area contributed by atoms with Crippen LogP contribution in [-0.4, -0.2) is 57.6 Å². The first kappa shape index (κ1) is 27.4. The van der Waals surface area contributed by atoms with Crippen molar-refractivity contribution in [3.05, 3.63) is 35.9 Å². The fourth-order valence-corrected chi connectivity index (χ4v) is 3.91. The number of rotatable bonds is 16. The maximum atomic E-state index is 12.9. The van der Waals surface area contributed by atoms with Gasteiger partial charge in [-0.2, -0.15) is 11.8 Å². The largest absolute Gasteiger partial charge is 0.480 e. The first-order valence-corrected chi connectivity index (χ1v) is 11.8. The number of benzene rings is 1. The summed E-state index contributed by atoms with van der Waals surface area (Å²) in [5, 5.41) is 23.5. The fraction of sp³-hybridized carbons (Fsp3) is 0.545. The minimum Gasteiger partial charge on any atom is -0.480 e. The van der Waals surface area contributed by atoms with E-state index < -0.39 is 41.9 Å². The van der Waals surface area contributed by atoms with Crippen LogP contribution in [0.5, 0.6) is 0 Å². The third kappa shape index (κ3) is 10.6. The molecule has 0 unspecified atom stereocenters. The third-order valence-electron chi connectivity index (χ3n) is 4.74. The van der Waals surface area contributed by atoms with Crippen LogP contribution in [-0.2, 0) is 19.2 Å². The van der Waals surface area contributed by atoms with E-state index in [-0.39, 0.29) is 18.6 Å². The van der Waals surface area contributed by atoms with Crippen LogP contribution in [0.1, 0.15) is 57.1 Å². The summed E-state index contributed by atoms with van der Waals surface area (Å²) in [6.07, 6.45) is 4.08. The zero-order chi connectivity index (χ0) is 23.9. The van der Waals surface area contributed by atoms with Gasteiger partial charge in [0.25, 0.3) is 0 Å². The van der Waals surface area contributed by atoms with Crippen molar-refractivity contribution in [1.29, 1.82) is 0 Å². The topological polar surface area (TPSA) is 159 Å². The average molecular weight is 468 g/mol. The number of aliphatic carboxylic acids is 2. The van der Waals surface area contributed by atoms with E-state index in [2.05, 4.69) is 17.6 Å². The molecule has 0 saturated heterocycles. The zero-order valence-electron chi connectivity index (χ0n) is 18.3. The number of carboxylic acids is 2. The van der Waals surface area contributed by atoms with Crippen molar-refractivity contribution in [2.75, 3.05) is 11.5 Å². The molecule has 0 aliphatic rings. The molecule has 1 aromatic carbocycles. The fourth-order valence-electron chi connectivity index (χ4n) is 2.87. The molecule has 0 aromatic heterocycles. The highest BCUT2D eigenvalue weighted by Gasteiger charge is 2.28. The summed E-state index contributed by atoms with van der Waals surface area (Å²) in [7, 11) is 0. The van der Waals surface area contributed by atoms with Gasteiger partial charge in [-0.05, 0) is 24.2 Å². The van der Waals surface area contributed by atoms with Gasteiger partial charge in [-0.15, -0.1) is 0 Å². The Balaban J connectivity index is 2.78. The molecule has 0 fully saturated rings. The number of carboxylic acid groups (broad SMARTS) is 2. The van der Waals surface area contributed by atoms with Gasteiger partial charge < -0.3 is 26.6 Å². The van der Waals surface area contributed by atoms with Gasteiger partial charge >= 0.3 is 11.9 Å². The number of nitrogens with one attached hydrogen (secondary N) is 2.